The Morgan fingerprint density at radius 1 is 1.36 bits per heavy atom. The molecule has 0 saturated heterocycles. The highest BCUT2D eigenvalue weighted by Gasteiger charge is 2.17. The number of ether oxygens (including phenoxy) is 1. The van der Waals surface area contributed by atoms with Gasteiger partial charge in [-0.1, -0.05) is 0 Å². The predicted molar refractivity (Wildman–Crippen MR) is 101 cm³/mol. The lowest BCUT2D eigenvalue weighted by Crippen LogP contribution is -2.25. The standard InChI is InChI=1S/C18H20N4O2S/c1-2-24-10-4-9-21-17(23)16-15(19)13-6-7-14(22-18(13)25-16)12-5-3-8-20-11-12/h3,5-8,11H,2,4,9-10,19H2,1H3,(H,21,23). The summed E-state index contributed by atoms with van der Waals surface area (Å²) in [6.45, 7) is 3.82. The van der Waals surface area contributed by atoms with Gasteiger partial charge in [0.1, 0.15) is 9.71 Å². The van der Waals surface area contributed by atoms with Gasteiger partial charge in [0.05, 0.1) is 11.4 Å². The number of nitrogens with two attached hydrogens (primary N) is 1. The second-order valence-electron chi connectivity index (χ2n) is 5.44. The van der Waals surface area contributed by atoms with E-state index in [0.717, 1.165) is 27.9 Å². The number of carbonyl (C=O) groups excluding carboxylic acids is 1. The van der Waals surface area contributed by atoms with Crippen molar-refractivity contribution in [3.05, 3.63) is 41.5 Å². The third-order valence-corrected chi connectivity index (χ3v) is 4.83. The second kappa shape index (κ2) is 8.04. The van der Waals surface area contributed by atoms with Crippen molar-refractivity contribution >= 4 is 33.1 Å². The van der Waals surface area contributed by atoms with Gasteiger partial charge < -0.3 is 15.8 Å². The molecule has 3 rings (SSSR count). The minimum atomic E-state index is -0.167. The van der Waals surface area contributed by atoms with Crippen molar-refractivity contribution in [2.24, 2.45) is 0 Å². The number of pyridine rings is 2. The highest BCUT2D eigenvalue weighted by molar-refractivity contribution is 7.21. The summed E-state index contributed by atoms with van der Waals surface area (Å²) in [6, 6.07) is 7.61. The average molecular weight is 356 g/mol. The van der Waals surface area contributed by atoms with E-state index in [1.54, 1.807) is 12.4 Å². The van der Waals surface area contributed by atoms with Crippen LogP contribution in [0.4, 0.5) is 5.69 Å². The van der Waals surface area contributed by atoms with Gasteiger partial charge in [0, 0.05) is 43.1 Å². The summed E-state index contributed by atoms with van der Waals surface area (Å²) in [7, 11) is 0. The lowest BCUT2D eigenvalue weighted by atomic mass is 10.1. The molecule has 0 aliphatic heterocycles. The molecule has 1 amide bonds. The van der Waals surface area contributed by atoms with Gasteiger partial charge in [0.15, 0.2) is 0 Å². The molecule has 0 spiro atoms. The van der Waals surface area contributed by atoms with E-state index >= 15 is 0 Å². The van der Waals surface area contributed by atoms with E-state index in [1.807, 2.05) is 31.2 Å². The number of nitrogens with one attached hydrogen (secondary N) is 1. The molecule has 7 heteroatoms. The summed E-state index contributed by atoms with van der Waals surface area (Å²) in [5.41, 5.74) is 8.37. The van der Waals surface area contributed by atoms with Crippen molar-refractivity contribution in [2.45, 2.75) is 13.3 Å². The Balaban J connectivity index is 1.78. The number of nitrogen functional groups attached to an aromatic ring is 1. The third kappa shape index (κ3) is 3.94. The monoisotopic (exact) mass is 356 g/mol. The molecule has 3 N–H and O–H groups in total. The Hall–Kier alpha value is -2.51. The zero-order valence-corrected chi connectivity index (χ0v) is 14.8. The van der Waals surface area contributed by atoms with Gasteiger partial charge in [-0.3, -0.25) is 9.78 Å². The molecule has 0 radical (unpaired) electrons. The van der Waals surface area contributed by atoms with Crippen LogP contribution in [0.15, 0.2) is 36.7 Å². The zero-order chi connectivity index (χ0) is 17.6. The van der Waals surface area contributed by atoms with E-state index in [0.29, 0.717) is 30.3 Å². The molecule has 3 aromatic heterocycles. The summed E-state index contributed by atoms with van der Waals surface area (Å²) >= 11 is 1.31. The van der Waals surface area contributed by atoms with Gasteiger partial charge in [-0.05, 0) is 37.6 Å². The summed E-state index contributed by atoms with van der Waals surface area (Å²) in [5.74, 6) is -0.167. The van der Waals surface area contributed by atoms with Crippen molar-refractivity contribution < 1.29 is 9.53 Å². The second-order valence-corrected chi connectivity index (χ2v) is 6.44. The van der Waals surface area contributed by atoms with Crippen LogP contribution in [-0.2, 0) is 4.74 Å². The van der Waals surface area contributed by atoms with Crippen LogP contribution in [0.1, 0.15) is 23.0 Å². The van der Waals surface area contributed by atoms with E-state index in [-0.39, 0.29) is 5.91 Å². The maximum atomic E-state index is 12.4. The molecule has 0 aliphatic carbocycles. The first-order valence-corrected chi connectivity index (χ1v) is 8.97. The Morgan fingerprint density at radius 2 is 2.24 bits per heavy atom. The Kier molecular flexibility index (Phi) is 5.57. The smallest absolute Gasteiger partial charge is 0.263 e. The Morgan fingerprint density at radius 3 is 3.00 bits per heavy atom. The number of carbonyl (C=O) groups is 1. The molecule has 3 aromatic rings. The number of aromatic nitrogens is 2. The summed E-state index contributed by atoms with van der Waals surface area (Å²) in [5, 5.41) is 3.68. The first-order chi connectivity index (χ1) is 12.2. The number of hydrogen-bond donors (Lipinski definition) is 2. The van der Waals surface area contributed by atoms with Crippen LogP contribution in [0, 0.1) is 0 Å². The summed E-state index contributed by atoms with van der Waals surface area (Å²) in [4.78, 5) is 22.4. The summed E-state index contributed by atoms with van der Waals surface area (Å²) < 4.78 is 5.26. The average Bonchev–Trinajstić information content (AvgIpc) is 2.98. The topological polar surface area (TPSA) is 90.1 Å². The molecule has 25 heavy (non-hydrogen) atoms. The van der Waals surface area contributed by atoms with Crippen LogP contribution in [0.25, 0.3) is 21.5 Å². The van der Waals surface area contributed by atoms with E-state index in [1.165, 1.54) is 11.3 Å². The number of fused-ring (bicyclic) bond motifs is 1. The van der Waals surface area contributed by atoms with E-state index in [2.05, 4.69) is 15.3 Å². The maximum Gasteiger partial charge on any atom is 0.263 e. The molecular weight excluding hydrogens is 336 g/mol. The third-order valence-electron chi connectivity index (χ3n) is 3.71. The molecule has 3 heterocycles. The van der Waals surface area contributed by atoms with Crippen LogP contribution in [-0.4, -0.2) is 35.6 Å². The minimum absolute atomic E-state index is 0.167. The van der Waals surface area contributed by atoms with Crippen molar-refractivity contribution in [1.29, 1.82) is 0 Å². The molecule has 0 aromatic carbocycles. The molecule has 6 nitrogen and oxygen atoms in total. The van der Waals surface area contributed by atoms with Crippen LogP contribution in [0.5, 0.6) is 0 Å². The fourth-order valence-electron chi connectivity index (χ4n) is 2.44. The fraction of sp³-hybridized carbons (Fsp3) is 0.278. The predicted octanol–water partition coefficient (Wildman–Crippen LogP) is 3.10. The van der Waals surface area contributed by atoms with Crippen molar-refractivity contribution in [2.75, 3.05) is 25.5 Å². The van der Waals surface area contributed by atoms with Gasteiger partial charge in [-0.15, -0.1) is 11.3 Å². The highest BCUT2D eigenvalue weighted by atomic mass is 32.1. The highest BCUT2D eigenvalue weighted by Crippen LogP contribution is 2.33. The summed E-state index contributed by atoms with van der Waals surface area (Å²) in [6.07, 6.45) is 4.25. The molecule has 0 bridgehead atoms. The van der Waals surface area contributed by atoms with E-state index in [9.17, 15) is 4.79 Å². The van der Waals surface area contributed by atoms with Crippen LogP contribution < -0.4 is 11.1 Å². The number of thiophene rings is 1. The lowest BCUT2D eigenvalue weighted by Gasteiger charge is -2.04. The van der Waals surface area contributed by atoms with Gasteiger partial charge in [0.25, 0.3) is 5.91 Å². The van der Waals surface area contributed by atoms with Gasteiger partial charge in [0.2, 0.25) is 0 Å². The quantitative estimate of drug-likeness (QED) is 0.635. The Bertz CT molecular complexity index is 864. The molecule has 0 aliphatic rings. The van der Waals surface area contributed by atoms with Crippen LogP contribution in [0.3, 0.4) is 0 Å². The van der Waals surface area contributed by atoms with Crippen LogP contribution >= 0.6 is 11.3 Å². The Labute approximate surface area is 150 Å². The molecular formula is C18H20N4O2S. The number of rotatable bonds is 7. The number of hydrogen-bond acceptors (Lipinski definition) is 6. The largest absolute Gasteiger partial charge is 0.397 e. The van der Waals surface area contributed by atoms with Gasteiger partial charge in [-0.25, -0.2) is 4.98 Å². The normalized spacial score (nSPS) is 10.9. The first-order valence-electron chi connectivity index (χ1n) is 8.16. The minimum Gasteiger partial charge on any atom is -0.397 e. The van der Waals surface area contributed by atoms with Crippen molar-refractivity contribution in [3.8, 4) is 11.3 Å². The molecule has 0 saturated carbocycles. The van der Waals surface area contributed by atoms with E-state index in [4.69, 9.17) is 10.5 Å². The number of anilines is 1. The van der Waals surface area contributed by atoms with Gasteiger partial charge >= 0.3 is 0 Å². The first kappa shape index (κ1) is 17.3. The van der Waals surface area contributed by atoms with Gasteiger partial charge in [-0.2, -0.15) is 0 Å². The maximum absolute atomic E-state index is 12.4. The molecule has 0 unspecified atom stereocenters. The van der Waals surface area contributed by atoms with Crippen LogP contribution in [0.2, 0.25) is 0 Å². The SMILES string of the molecule is CCOCCCNC(=O)c1sc2nc(-c3cccnc3)ccc2c1N. The zero-order valence-electron chi connectivity index (χ0n) is 14.0. The van der Waals surface area contributed by atoms with Crippen molar-refractivity contribution in [1.82, 2.24) is 15.3 Å². The molecule has 0 fully saturated rings. The van der Waals surface area contributed by atoms with Crippen molar-refractivity contribution in [3.63, 3.8) is 0 Å². The lowest BCUT2D eigenvalue weighted by molar-refractivity contribution is 0.0949. The fourth-order valence-corrected chi connectivity index (χ4v) is 3.45. The number of amides is 1. The molecule has 0 atom stereocenters. The number of nitrogens with zero attached hydrogens (tertiary/aromatic N) is 2. The molecule has 130 valence electrons. The van der Waals surface area contributed by atoms with E-state index < -0.39 is 0 Å².